The fraction of sp³-hybridized carbons (Fsp3) is 0.680. The fourth-order valence-electron chi connectivity index (χ4n) is 9.63. The van der Waals surface area contributed by atoms with E-state index in [1.165, 1.54) is 6.08 Å². The molecule has 5 aliphatic heterocycles. The van der Waals surface area contributed by atoms with Gasteiger partial charge in [0.15, 0.2) is 11.4 Å². The predicted octanol–water partition coefficient (Wildman–Crippen LogP) is 2.69. The zero-order chi connectivity index (χ0) is 23.1. The quantitative estimate of drug-likeness (QED) is 0.457. The number of hydrogen-bond donors (Lipinski definition) is 1. The van der Waals surface area contributed by atoms with E-state index in [0.717, 1.165) is 11.1 Å². The summed E-state index contributed by atoms with van der Waals surface area (Å²) in [6, 6.07) is 0. The third-order valence-corrected chi connectivity index (χ3v) is 10.7. The molecule has 4 saturated heterocycles. The van der Waals surface area contributed by atoms with E-state index in [0.29, 0.717) is 18.4 Å². The Kier molecular flexibility index (Phi) is 2.68. The minimum absolute atomic E-state index is 0.425. The Morgan fingerprint density at radius 2 is 1.78 bits per heavy atom. The molecule has 5 heterocycles. The molecule has 8 rings (SSSR count). The van der Waals surface area contributed by atoms with Crippen LogP contribution in [0.15, 0.2) is 35.5 Å². The molecule has 7 nitrogen and oxygen atoms in total. The van der Waals surface area contributed by atoms with Gasteiger partial charge in [-0.1, -0.05) is 26.5 Å². The van der Waals surface area contributed by atoms with Gasteiger partial charge in [0.25, 0.3) is 0 Å². The van der Waals surface area contributed by atoms with Gasteiger partial charge in [0.05, 0.1) is 5.41 Å². The maximum Gasteiger partial charge on any atom is 0.331 e. The van der Waals surface area contributed by atoms with Crippen LogP contribution in [-0.2, 0) is 28.5 Å². The highest BCUT2D eigenvalue weighted by Gasteiger charge is 3.05. The van der Waals surface area contributed by atoms with E-state index < -0.39 is 62.5 Å². The van der Waals surface area contributed by atoms with E-state index in [4.69, 9.17) is 18.9 Å². The number of hydrogen-bond acceptors (Lipinski definition) is 7. The summed E-state index contributed by atoms with van der Waals surface area (Å²) in [6.07, 6.45) is 3.85. The number of carbonyl (C=O) groups is 2. The lowest BCUT2D eigenvalue weighted by Gasteiger charge is -2.72. The zero-order valence-electron chi connectivity index (χ0n) is 19.3. The largest absolute Gasteiger partial charge is 0.459 e. The first-order chi connectivity index (χ1) is 14.7. The molecule has 6 bridgehead atoms. The first-order valence-corrected chi connectivity index (χ1v) is 11.4. The van der Waals surface area contributed by atoms with Crippen LogP contribution in [0.25, 0.3) is 0 Å². The molecule has 7 heteroatoms. The SMILES string of the molecule is C=C1C2(C)CC34C5=CC(=O)OC(C)(C)C5=CCC3(C)C13C(=O)OC(C)C31OC4(C)OC21O. The molecule has 32 heavy (non-hydrogen) atoms. The van der Waals surface area contributed by atoms with E-state index in [9.17, 15) is 14.7 Å². The second-order valence-corrected chi connectivity index (χ2v) is 11.9. The first-order valence-electron chi connectivity index (χ1n) is 11.4. The molecule has 8 aliphatic rings. The van der Waals surface area contributed by atoms with Gasteiger partial charge < -0.3 is 24.1 Å². The average Bonchev–Trinajstić information content (AvgIpc) is 3.05. The summed E-state index contributed by atoms with van der Waals surface area (Å²) in [6.45, 7) is 15.8. The highest BCUT2D eigenvalue weighted by Crippen LogP contribution is 2.94. The van der Waals surface area contributed by atoms with E-state index in [2.05, 4.69) is 19.6 Å². The molecular formula is C25H28O7. The Morgan fingerprint density at radius 3 is 2.47 bits per heavy atom. The van der Waals surface area contributed by atoms with Gasteiger partial charge in [0, 0.05) is 16.9 Å². The van der Waals surface area contributed by atoms with E-state index in [1.807, 2.05) is 27.7 Å². The highest BCUT2D eigenvalue weighted by atomic mass is 16.8. The molecule has 0 aromatic heterocycles. The van der Waals surface area contributed by atoms with Crippen molar-refractivity contribution in [3.63, 3.8) is 0 Å². The van der Waals surface area contributed by atoms with Crippen LogP contribution in [0.5, 0.6) is 0 Å². The monoisotopic (exact) mass is 440 g/mol. The standard InChI is InChI=1S/C25H28O7/c1-12-19(5)11-22-15-10-16(26)30-18(3,4)14(15)8-9-20(22,6)23(12)17(27)29-13(2)24(23)25(19,28)32-21(22,7)31-24/h8,10,13,28H,1,9,11H2,2-7H3. The van der Waals surface area contributed by atoms with Gasteiger partial charge in [-0.25, -0.2) is 4.79 Å². The molecule has 0 amide bonds. The van der Waals surface area contributed by atoms with Crippen molar-refractivity contribution in [1.82, 2.24) is 0 Å². The smallest absolute Gasteiger partial charge is 0.331 e. The molecular weight excluding hydrogens is 412 g/mol. The summed E-state index contributed by atoms with van der Waals surface area (Å²) < 4.78 is 25.0. The Bertz CT molecular complexity index is 1180. The van der Waals surface area contributed by atoms with Crippen LogP contribution in [0.4, 0.5) is 0 Å². The molecule has 3 aliphatic carbocycles. The average molecular weight is 440 g/mol. The molecule has 3 spiro atoms. The normalized spacial score (nSPS) is 59.8. The molecule has 0 aromatic carbocycles. The fourth-order valence-corrected chi connectivity index (χ4v) is 9.63. The van der Waals surface area contributed by atoms with Crippen LogP contribution in [-0.4, -0.2) is 45.9 Å². The molecule has 6 fully saturated rings. The van der Waals surface area contributed by atoms with Crippen molar-refractivity contribution in [1.29, 1.82) is 0 Å². The third kappa shape index (κ3) is 1.23. The number of aliphatic hydroxyl groups is 1. The predicted molar refractivity (Wildman–Crippen MR) is 110 cm³/mol. The molecule has 0 radical (unpaired) electrons. The summed E-state index contributed by atoms with van der Waals surface area (Å²) in [7, 11) is 0. The lowest BCUT2D eigenvalue weighted by atomic mass is 9.33. The summed E-state index contributed by atoms with van der Waals surface area (Å²) in [5.74, 6) is -3.92. The van der Waals surface area contributed by atoms with Gasteiger partial charge in [-0.05, 0) is 57.3 Å². The summed E-state index contributed by atoms with van der Waals surface area (Å²) in [4.78, 5) is 26.7. The number of allylic oxidation sites excluding steroid dienone is 1. The third-order valence-electron chi connectivity index (χ3n) is 10.7. The number of carbonyl (C=O) groups excluding carboxylic acids is 2. The Balaban J connectivity index is 1.68. The molecule has 8 unspecified atom stereocenters. The molecule has 0 aromatic rings. The number of esters is 2. The van der Waals surface area contributed by atoms with Crippen LogP contribution in [0.2, 0.25) is 0 Å². The van der Waals surface area contributed by atoms with Gasteiger partial charge in [-0.2, -0.15) is 0 Å². The van der Waals surface area contributed by atoms with Crippen LogP contribution in [0.1, 0.15) is 54.4 Å². The zero-order valence-corrected chi connectivity index (χ0v) is 19.3. The van der Waals surface area contributed by atoms with Crippen molar-refractivity contribution in [2.75, 3.05) is 0 Å². The highest BCUT2D eigenvalue weighted by molar-refractivity contribution is 5.93. The van der Waals surface area contributed by atoms with Crippen molar-refractivity contribution >= 4 is 11.9 Å². The Labute approximate surface area is 186 Å². The second kappa shape index (κ2) is 4.40. The van der Waals surface area contributed by atoms with Crippen LogP contribution in [0, 0.1) is 21.7 Å². The lowest BCUT2D eigenvalue weighted by molar-refractivity contribution is -0.382. The molecule has 2 saturated carbocycles. The van der Waals surface area contributed by atoms with E-state index in [-0.39, 0.29) is 0 Å². The minimum Gasteiger partial charge on any atom is -0.459 e. The van der Waals surface area contributed by atoms with Crippen LogP contribution < -0.4 is 0 Å². The Hall–Kier alpha value is -1.96. The summed E-state index contributed by atoms with van der Waals surface area (Å²) in [5.41, 5.74) is -3.94. The van der Waals surface area contributed by atoms with Gasteiger partial charge in [-0.3, -0.25) is 4.79 Å². The molecule has 8 atom stereocenters. The van der Waals surface area contributed by atoms with Gasteiger partial charge in [0.2, 0.25) is 5.79 Å². The molecule has 170 valence electrons. The minimum atomic E-state index is -1.78. The number of rotatable bonds is 0. The van der Waals surface area contributed by atoms with E-state index in [1.54, 1.807) is 6.92 Å². The van der Waals surface area contributed by atoms with Crippen molar-refractivity contribution in [2.24, 2.45) is 21.7 Å². The number of ether oxygens (including phenoxy) is 4. The van der Waals surface area contributed by atoms with Crippen molar-refractivity contribution < 1.29 is 33.6 Å². The van der Waals surface area contributed by atoms with Gasteiger partial charge in [0.1, 0.15) is 17.1 Å². The topological polar surface area (TPSA) is 91.3 Å². The number of cyclic esters (lactones) is 2. The maximum atomic E-state index is 13.9. The Morgan fingerprint density at radius 1 is 1.09 bits per heavy atom. The maximum absolute atomic E-state index is 13.9. The first kappa shape index (κ1) is 19.5. The van der Waals surface area contributed by atoms with Crippen LogP contribution >= 0.6 is 0 Å². The lowest BCUT2D eigenvalue weighted by Crippen LogP contribution is -2.77. The van der Waals surface area contributed by atoms with Crippen molar-refractivity contribution in [3.05, 3.63) is 35.5 Å². The van der Waals surface area contributed by atoms with E-state index >= 15 is 0 Å². The number of fused-ring (bicyclic) bond motifs is 1. The molecule has 1 N–H and O–H groups in total. The summed E-state index contributed by atoms with van der Waals surface area (Å²) >= 11 is 0. The van der Waals surface area contributed by atoms with Gasteiger partial charge in [-0.15, -0.1) is 0 Å². The van der Waals surface area contributed by atoms with Crippen LogP contribution in [0.3, 0.4) is 0 Å². The van der Waals surface area contributed by atoms with Crippen molar-refractivity contribution in [2.45, 2.75) is 83.3 Å². The van der Waals surface area contributed by atoms with Crippen molar-refractivity contribution in [3.8, 4) is 0 Å². The second-order valence-electron chi connectivity index (χ2n) is 11.9. The van der Waals surface area contributed by atoms with Gasteiger partial charge >= 0.3 is 11.9 Å². The summed E-state index contributed by atoms with van der Waals surface area (Å²) in [5, 5.41) is 12.3.